The smallest absolute Gasteiger partial charge is 0.0934 e. The SMILES string of the molecule is CNCC(O)c1c[nH]c2c(C)cccc12. The molecule has 0 amide bonds. The molecular formula is C12H16N2O. The molecule has 3 N–H and O–H groups in total. The number of fused-ring (bicyclic) bond motifs is 1. The van der Waals surface area contributed by atoms with Gasteiger partial charge in [0, 0.05) is 29.2 Å². The lowest BCUT2D eigenvalue weighted by molar-refractivity contribution is 0.179. The van der Waals surface area contributed by atoms with Crippen LogP contribution in [0.15, 0.2) is 24.4 Å². The number of aryl methyl sites for hydroxylation is 1. The molecule has 0 bridgehead atoms. The van der Waals surface area contributed by atoms with Crippen LogP contribution in [0.25, 0.3) is 10.9 Å². The number of aliphatic hydroxyl groups is 1. The Morgan fingerprint density at radius 2 is 2.27 bits per heavy atom. The van der Waals surface area contributed by atoms with Gasteiger partial charge in [-0.05, 0) is 19.5 Å². The maximum absolute atomic E-state index is 9.92. The van der Waals surface area contributed by atoms with Crippen molar-refractivity contribution < 1.29 is 5.11 Å². The summed E-state index contributed by atoms with van der Waals surface area (Å²) in [5.41, 5.74) is 3.28. The van der Waals surface area contributed by atoms with E-state index in [4.69, 9.17) is 0 Å². The number of likely N-dealkylation sites (N-methyl/N-ethyl adjacent to an activating group) is 1. The molecule has 2 rings (SSSR count). The van der Waals surface area contributed by atoms with Gasteiger partial charge >= 0.3 is 0 Å². The summed E-state index contributed by atoms with van der Waals surface area (Å²) in [6.07, 6.45) is 1.44. The Morgan fingerprint density at radius 3 is 3.00 bits per heavy atom. The molecule has 1 atom stereocenters. The molecule has 80 valence electrons. The van der Waals surface area contributed by atoms with Crippen LogP contribution >= 0.6 is 0 Å². The number of benzene rings is 1. The molecule has 3 nitrogen and oxygen atoms in total. The molecule has 15 heavy (non-hydrogen) atoms. The monoisotopic (exact) mass is 204 g/mol. The molecule has 0 saturated heterocycles. The molecule has 0 aliphatic rings. The first-order chi connectivity index (χ1) is 7.24. The van der Waals surface area contributed by atoms with Gasteiger partial charge in [-0.25, -0.2) is 0 Å². The Hall–Kier alpha value is -1.32. The Bertz CT molecular complexity index is 462. The zero-order chi connectivity index (χ0) is 10.8. The number of rotatable bonds is 3. The second-order valence-corrected chi connectivity index (χ2v) is 3.81. The van der Waals surface area contributed by atoms with Crippen LogP contribution in [0, 0.1) is 6.92 Å². The highest BCUT2D eigenvalue weighted by Gasteiger charge is 2.12. The van der Waals surface area contributed by atoms with E-state index in [9.17, 15) is 5.11 Å². The van der Waals surface area contributed by atoms with Crippen molar-refractivity contribution in [1.29, 1.82) is 0 Å². The summed E-state index contributed by atoms with van der Waals surface area (Å²) in [6.45, 7) is 2.63. The molecule has 0 spiro atoms. The second-order valence-electron chi connectivity index (χ2n) is 3.81. The van der Waals surface area contributed by atoms with Gasteiger partial charge in [-0.15, -0.1) is 0 Å². The molecule has 0 radical (unpaired) electrons. The molecule has 1 aromatic carbocycles. The predicted molar refractivity (Wildman–Crippen MR) is 61.9 cm³/mol. The maximum atomic E-state index is 9.92. The molecule has 1 heterocycles. The standard InChI is InChI=1S/C12H16N2O/c1-8-4-3-5-9-10(6-14-12(8)9)11(15)7-13-2/h3-6,11,13-15H,7H2,1-2H3. The van der Waals surface area contributed by atoms with E-state index < -0.39 is 6.10 Å². The van der Waals surface area contributed by atoms with E-state index in [1.165, 1.54) is 5.56 Å². The van der Waals surface area contributed by atoms with Gasteiger partial charge in [0.15, 0.2) is 0 Å². The molecule has 0 aliphatic carbocycles. The Labute approximate surface area is 89.1 Å². The number of aliphatic hydroxyl groups excluding tert-OH is 1. The number of nitrogens with one attached hydrogen (secondary N) is 2. The second kappa shape index (κ2) is 4.04. The van der Waals surface area contributed by atoms with E-state index in [2.05, 4.69) is 23.3 Å². The number of hydrogen-bond donors (Lipinski definition) is 3. The molecule has 2 aromatic rings. The molecule has 1 aromatic heterocycles. The van der Waals surface area contributed by atoms with E-state index in [1.54, 1.807) is 0 Å². The lowest BCUT2D eigenvalue weighted by atomic mass is 10.1. The molecule has 0 aliphatic heterocycles. The summed E-state index contributed by atoms with van der Waals surface area (Å²) in [7, 11) is 1.84. The van der Waals surface area contributed by atoms with E-state index in [0.29, 0.717) is 6.54 Å². The number of para-hydroxylation sites is 1. The van der Waals surface area contributed by atoms with Crippen molar-refractivity contribution in [3.63, 3.8) is 0 Å². The fourth-order valence-corrected chi connectivity index (χ4v) is 1.91. The third-order valence-electron chi connectivity index (χ3n) is 2.71. The first-order valence-electron chi connectivity index (χ1n) is 5.13. The third kappa shape index (κ3) is 1.76. The summed E-state index contributed by atoms with van der Waals surface area (Å²) < 4.78 is 0. The van der Waals surface area contributed by atoms with Gasteiger partial charge < -0.3 is 15.4 Å². The Morgan fingerprint density at radius 1 is 1.47 bits per heavy atom. The maximum Gasteiger partial charge on any atom is 0.0934 e. The van der Waals surface area contributed by atoms with Crippen LogP contribution in [0.3, 0.4) is 0 Å². The average molecular weight is 204 g/mol. The minimum absolute atomic E-state index is 0.453. The van der Waals surface area contributed by atoms with Crippen LogP contribution < -0.4 is 5.32 Å². The van der Waals surface area contributed by atoms with Crippen LogP contribution in [0.4, 0.5) is 0 Å². The Kier molecular flexibility index (Phi) is 2.75. The molecule has 0 fully saturated rings. The topological polar surface area (TPSA) is 48.0 Å². The zero-order valence-electron chi connectivity index (χ0n) is 9.04. The molecule has 3 heteroatoms. The summed E-state index contributed by atoms with van der Waals surface area (Å²) in [6, 6.07) is 6.11. The quantitative estimate of drug-likeness (QED) is 0.713. The van der Waals surface area contributed by atoms with Crippen LogP contribution in [0.5, 0.6) is 0 Å². The molecular weight excluding hydrogens is 188 g/mol. The van der Waals surface area contributed by atoms with Crippen molar-refractivity contribution >= 4 is 10.9 Å². The van der Waals surface area contributed by atoms with Gasteiger partial charge in [-0.2, -0.15) is 0 Å². The normalized spacial score (nSPS) is 13.3. The number of aromatic amines is 1. The van der Waals surface area contributed by atoms with Crippen molar-refractivity contribution in [1.82, 2.24) is 10.3 Å². The first-order valence-corrected chi connectivity index (χ1v) is 5.13. The number of H-pyrrole nitrogens is 1. The van der Waals surface area contributed by atoms with Crippen LogP contribution in [-0.2, 0) is 0 Å². The van der Waals surface area contributed by atoms with Crippen molar-refractivity contribution in [2.45, 2.75) is 13.0 Å². The average Bonchev–Trinajstić information content (AvgIpc) is 2.63. The lowest BCUT2D eigenvalue weighted by Crippen LogP contribution is -2.16. The minimum Gasteiger partial charge on any atom is -0.387 e. The largest absolute Gasteiger partial charge is 0.387 e. The lowest BCUT2D eigenvalue weighted by Gasteiger charge is -2.08. The first kappa shape index (κ1) is 10.2. The highest BCUT2D eigenvalue weighted by molar-refractivity contribution is 5.86. The van der Waals surface area contributed by atoms with Crippen LogP contribution in [0.1, 0.15) is 17.2 Å². The van der Waals surface area contributed by atoms with Crippen molar-refractivity contribution in [2.75, 3.05) is 13.6 Å². The van der Waals surface area contributed by atoms with Gasteiger partial charge in [0.05, 0.1) is 6.10 Å². The van der Waals surface area contributed by atoms with E-state index >= 15 is 0 Å². The van der Waals surface area contributed by atoms with Crippen molar-refractivity contribution in [3.8, 4) is 0 Å². The third-order valence-corrected chi connectivity index (χ3v) is 2.71. The summed E-state index contributed by atoms with van der Waals surface area (Å²) in [4.78, 5) is 3.21. The van der Waals surface area contributed by atoms with E-state index in [0.717, 1.165) is 16.5 Å². The minimum atomic E-state index is -0.453. The predicted octanol–water partition coefficient (Wildman–Crippen LogP) is 1.73. The Balaban J connectivity index is 2.49. The van der Waals surface area contributed by atoms with Gasteiger partial charge in [-0.1, -0.05) is 18.2 Å². The summed E-state index contributed by atoms with van der Waals surface area (Å²) in [5.74, 6) is 0. The van der Waals surface area contributed by atoms with E-state index in [-0.39, 0.29) is 0 Å². The van der Waals surface area contributed by atoms with Gasteiger partial charge in [-0.3, -0.25) is 0 Å². The van der Waals surface area contributed by atoms with Crippen LogP contribution in [0.2, 0.25) is 0 Å². The fraction of sp³-hybridized carbons (Fsp3) is 0.333. The zero-order valence-corrected chi connectivity index (χ0v) is 9.04. The summed E-state index contributed by atoms with van der Waals surface area (Å²) in [5, 5.41) is 14.0. The van der Waals surface area contributed by atoms with Crippen LogP contribution in [-0.4, -0.2) is 23.7 Å². The van der Waals surface area contributed by atoms with Gasteiger partial charge in [0.25, 0.3) is 0 Å². The van der Waals surface area contributed by atoms with Crippen molar-refractivity contribution in [3.05, 3.63) is 35.5 Å². The highest BCUT2D eigenvalue weighted by Crippen LogP contribution is 2.25. The number of aromatic nitrogens is 1. The molecule has 1 unspecified atom stereocenters. The number of hydrogen-bond acceptors (Lipinski definition) is 2. The summed E-state index contributed by atoms with van der Waals surface area (Å²) >= 11 is 0. The molecule has 0 saturated carbocycles. The fourth-order valence-electron chi connectivity index (χ4n) is 1.91. The highest BCUT2D eigenvalue weighted by atomic mass is 16.3. The van der Waals surface area contributed by atoms with Crippen molar-refractivity contribution in [2.24, 2.45) is 0 Å². The van der Waals surface area contributed by atoms with Gasteiger partial charge in [0.1, 0.15) is 0 Å². The van der Waals surface area contributed by atoms with Gasteiger partial charge in [0.2, 0.25) is 0 Å². The van der Waals surface area contributed by atoms with E-state index in [1.807, 2.05) is 25.4 Å².